The number of nitrogens with zero attached hydrogens (tertiary/aromatic N) is 6. The molecule has 0 aliphatic rings. The van der Waals surface area contributed by atoms with Crippen LogP contribution in [-0.4, -0.2) is 35.3 Å². The Morgan fingerprint density at radius 1 is 1.19 bits per heavy atom. The number of rotatable bonds is 5. The van der Waals surface area contributed by atoms with E-state index in [0.717, 1.165) is 47.1 Å². The van der Waals surface area contributed by atoms with Crippen LogP contribution in [0.3, 0.4) is 0 Å². The maximum absolute atomic E-state index is 12.6. The van der Waals surface area contributed by atoms with Crippen LogP contribution < -0.4 is 5.32 Å². The monoisotopic (exact) mass is 379 g/mol. The molecule has 27 heavy (non-hydrogen) atoms. The Morgan fingerprint density at radius 2 is 2.07 bits per heavy atom. The van der Waals surface area contributed by atoms with Crippen LogP contribution in [0.25, 0.3) is 16.9 Å². The van der Waals surface area contributed by atoms with Crippen molar-refractivity contribution in [2.45, 2.75) is 26.7 Å². The Bertz CT molecular complexity index is 1120. The van der Waals surface area contributed by atoms with Gasteiger partial charge in [-0.1, -0.05) is 30.0 Å². The molecule has 3 heterocycles. The van der Waals surface area contributed by atoms with E-state index in [-0.39, 0.29) is 5.91 Å². The minimum Gasteiger partial charge on any atom is -0.321 e. The smallest absolute Gasteiger partial charge is 0.269 e. The number of fused-ring (bicyclic) bond motifs is 1. The van der Waals surface area contributed by atoms with E-state index in [1.807, 2.05) is 50.2 Å². The van der Waals surface area contributed by atoms with Gasteiger partial charge in [-0.15, -0.1) is 15.3 Å². The van der Waals surface area contributed by atoms with Crippen LogP contribution in [0.4, 0.5) is 5.69 Å². The summed E-state index contributed by atoms with van der Waals surface area (Å²) in [5.41, 5.74) is 3.79. The van der Waals surface area contributed by atoms with E-state index >= 15 is 0 Å². The largest absolute Gasteiger partial charge is 0.321 e. The number of hydrogen-bond donors (Lipinski definition) is 1. The molecule has 0 saturated heterocycles. The molecule has 3 aromatic heterocycles. The first-order valence-corrected chi connectivity index (χ1v) is 9.35. The molecular weight excluding hydrogens is 362 g/mol. The standard InChI is InChI=1S/C18H17N7OS/c1-3-5-15-17(27-24-21-15)18(26)19-13-7-4-6-12(10-13)14-8-9-16-22-20-11(2)25(16)23-14/h4,6-10H,3,5H2,1-2H3,(H,19,26). The Labute approximate surface area is 159 Å². The zero-order valence-corrected chi connectivity index (χ0v) is 15.7. The fraction of sp³-hybridized carbons (Fsp3) is 0.222. The van der Waals surface area contributed by atoms with Crippen LogP contribution in [0.5, 0.6) is 0 Å². The van der Waals surface area contributed by atoms with Gasteiger partial charge in [0.15, 0.2) is 11.5 Å². The maximum atomic E-state index is 12.6. The minimum absolute atomic E-state index is 0.191. The predicted octanol–water partition coefficient (Wildman–Crippen LogP) is 3.16. The van der Waals surface area contributed by atoms with Crippen molar-refractivity contribution >= 4 is 28.8 Å². The van der Waals surface area contributed by atoms with Gasteiger partial charge in [-0.25, -0.2) is 0 Å². The van der Waals surface area contributed by atoms with E-state index in [1.54, 1.807) is 4.52 Å². The topological polar surface area (TPSA) is 98.0 Å². The fourth-order valence-electron chi connectivity index (χ4n) is 2.78. The molecule has 9 heteroatoms. The van der Waals surface area contributed by atoms with Crippen molar-refractivity contribution in [1.82, 2.24) is 29.4 Å². The molecule has 0 bridgehead atoms. The van der Waals surface area contributed by atoms with Crippen molar-refractivity contribution in [3.05, 3.63) is 52.8 Å². The molecule has 1 amide bonds. The molecule has 0 fully saturated rings. The van der Waals surface area contributed by atoms with Crippen molar-refractivity contribution in [1.29, 1.82) is 0 Å². The third-order valence-corrected chi connectivity index (χ3v) is 4.85. The second kappa shape index (κ2) is 7.20. The van der Waals surface area contributed by atoms with Crippen LogP contribution in [0, 0.1) is 6.92 Å². The summed E-state index contributed by atoms with van der Waals surface area (Å²) < 4.78 is 5.60. The average Bonchev–Trinajstić information content (AvgIpc) is 3.29. The maximum Gasteiger partial charge on any atom is 0.269 e. The van der Waals surface area contributed by atoms with E-state index in [0.29, 0.717) is 16.2 Å². The summed E-state index contributed by atoms with van der Waals surface area (Å²) in [5, 5.41) is 19.6. The highest BCUT2D eigenvalue weighted by atomic mass is 32.1. The summed E-state index contributed by atoms with van der Waals surface area (Å²) in [7, 11) is 0. The number of aromatic nitrogens is 6. The second-order valence-electron chi connectivity index (χ2n) is 6.07. The normalized spacial score (nSPS) is 11.0. The third-order valence-electron chi connectivity index (χ3n) is 4.08. The zero-order chi connectivity index (χ0) is 18.8. The first kappa shape index (κ1) is 17.2. The Hall–Kier alpha value is -3.20. The molecule has 1 N–H and O–H groups in total. The number of nitrogens with one attached hydrogen (secondary N) is 1. The van der Waals surface area contributed by atoms with Crippen molar-refractivity contribution in [2.24, 2.45) is 0 Å². The van der Waals surface area contributed by atoms with Gasteiger partial charge in [0.25, 0.3) is 5.91 Å². The molecule has 4 aromatic rings. The molecule has 0 aliphatic heterocycles. The Kier molecular flexibility index (Phi) is 4.59. The number of aryl methyl sites for hydroxylation is 2. The number of carbonyl (C=O) groups is 1. The lowest BCUT2D eigenvalue weighted by Crippen LogP contribution is -2.12. The molecule has 0 aliphatic carbocycles. The van der Waals surface area contributed by atoms with Gasteiger partial charge in [0.1, 0.15) is 4.88 Å². The fourth-order valence-corrected chi connectivity index (χ4v) is 3.38. The third kappa shape index (κ3) is 3.41. The Morgan fingerprint density at radius 3 is 2.93 bits per heavy atom. The molecule has 0 atom stereocenters. The lowest BCUT2D eigenvalue weighted by atomic mass is 10.1. The number of amides is 1. The number of carbonyl (C=O) groups excluding carboxylic acids is 1. The lowest BCUT2D eigenvalue weighted by Gasteiger charge is -2.07. The molecule has 136 valence electrons. The van der Waals surface area contributed by atoms with Crippen molar-refractivity contribution in [2.75, 3.05) is 5.32 Å². The van der Waals surface area contributed by atoms with Crippen LogP contribution >= 0.6 is 11.5 Å². The minimum atomic E-state index is -0.191. The summed E-state index contributed by atoms with van der Waals surface area (Å²) in [4.78, 5) is 13.1. The van der Waals surface area contributed by atoms with Crippen LogP contribution in [0.15, 0.2) is 36.4 Å². The first-order chi connectivity index (χ1) is 13.2. The average molecular weight is 379 g/mol. The molecule has 1 aromatic carbocycles. The summed E-state index contributed by atoms with van der Waals surface area (Å²) in [5.74, 6) is 0.529. The first-order valence-electron chi connectivity index (χ1n) is 8.58. The lowest BCUT2D eigenvalue weighted by molar-refractivity contribution is 0.102. The van der Waals surface area contributed by atoms with Gasteiger partial charge in [0.05, 0.1) is 11.4 Å². The summed E-state index contributed by atoms with van der Waals surface area (Å²) in [6.45, 7) is 3.90. The van der Waals surface area contributed by atoms with Gasteiger partial charge in [-0.05, 0) is 49.1 Å². The van der Waals surface area contributed by atoms with Gasteiger partial charge in [-0.3, -0.25) is 4.79 Å². The van der Waals surface area contributed by atoms with Crippen molar-refractivity contribution in [3.8, 4) is 11.3 Å². The van der Waals surface area contributed by atoms with Crippen LogP contribution in [0.2, 0.25) is 0 Å². The van der Waals surface area contributed by atoms with Crippen LogP contribution in [-0.2, 0) is 6.42 Å². The van der Waals surface area contributed by atoms with Crippen molar-refractivity contribution < 1.29 is 4.79 Å². The van der Waals surface area contributed by atoms with Gasteiger partial charge in [-0.2, -0.15) is 9.61 Å². The highest BCUT2D eigenvalue weighted by Crippen LogP contribution is 2.22. The van der Waals surface area contributed by atoms with E-state index in [9.17, 15) is 4.79 Å². The van der Waals surface area contributed by atoms with E-state index < -0.39 is 0 Å². The summed E-state index contributed by atoms with van der Waals surface area (Å²) in [6.07, 6.45) is 1.65. The second-order valence-corrected chi connectivity index (χ2v) is 6.82. The molecule has 0 spiro atoms. The van der Waals surface area contributed by atoms with Crippen LogP contribution in [0.1, 0.15) is 34.5 Å². The number of hydrogen-bond acceptors (Lipinski definition) is 7. The summed E-state index contributed by atoms with van der Waals surface area (Å²) >= 11 is 1.12. The van der Waals surface area contributed by atoms with Gasteiger partial charge in [0, 0.05) is 11.3 Å². The predicted molar refractivity (Wildman–Crippen MR) is 103 cm³/mol. The number of anilines is 1. The van der Waals surface area contributed by atoms with Gasteiger partial charge >= 0.3 is 0 Å². The van der Waals surface area contributed by atoms with Gasteiger partial charge in [0.2, 0.25) is 0 Å². The quantitative estimate of drug-likeness (QED) is 0.572. The van der Waals surface area contributed by atoms with E-state index in [4.69, 9.17) is 0 Å². The summed E-state index contributed by atoms with van der Waals surface area (Å²) in [6, 6.07) is 11.3. The number of benzene rings is 1. The highest BCUT2D eigenvalue weighted by molar-refractivity contribution is 7.08. The molecule has 4 rings (SSSR count). The Balaban J connectivity index is 1.61. The van der Waals surface area contributed by atoms with Crippen molar-refractivity contribution in [3.63, 3.8) is 0 Å². The van der Waals surface area contributed by atoms with E-state index in [2.05, 4.69) is 30.2 Å². The molecule has 0 unspecified atom stereocenters. The molecule has 0 radical (unpaired) electrons. The zero-order valence-electron chi connectivity index (χ0n) is 14.9. The SMILES string of the molecule is CCCc1nnsc1C(=O)Nc1cccc(-c2ccc3nnc(C)n3n2)c1. The van der Waals surface area contributed by atoms with Gasteiger partial charge < -0.3 is 5.32 Å². The molecular formula is C18H17N7OS. The molecule has 0 saturated carbocycles. The highest BCUT2D eigenvalue weighted by Gasteiger charge is 2.16. The van der Waals surface area contributed by atoms with E-state index in [1.165, 1.54) is 0 Å². The molecule has 8 nitrogen and oxygen atoms in total.